The Morgan fingerprint density at radius 3 is 1.78 bits per heavy atom. The Morgan fingerprint density at radius 1 is 0.449 bits per heavy atom. The van der Waals surface area contributed by atoms with Gasteiger partial charge in [0.1, 0.15) is 22.6 Å². The lowest BCUT2D eigenvalue weighted by atomic mass is 10.1. The topological polar surface area (TPSA) is 46.6 Å². The molecule has 0 saturated heterocycles. The van der Waals surface area contributed by atoms with E-state index in [1.165, 1.54) is 52.3 Å². The van der Waals surface area contributed by atoms with Crippen LogP contribution in [-0.4, -0.2) is 30.5 Å². The molecule has 1 aliphatic heterocycles. The summed E-state index contributed by atoms with van der Waals surface area (Å²) in [5.41, 5.74) is 6.11. The molecular formula is C62H42N4OSi2. The number of anilines is 3. The molecule has 69 heavy (non-hydrogen) atoms. The molecule has 0 N–H and O–H groups in total. The monoisotopic (exact) mass is 914 g/mol. The van der Waals surface area contributed by atoms with Crippen molar-refractivity contribution < 1.29 is 4.42 Å². The summed E-state index contributed by atoms with van der Waals surface area (Å²) in [7, 11) is -6.65. The molecule has 0 amide bonds. The highest BCUT2D eigenvalue weighted by atomic mass is 28.3. The number of furan rings is 1. The highest BCUT2D eigenvalue weighted by Gasteiger charge is 2.53. The van der Waals surface area contributed by atoms with Crippen LogP contribution < -0.4 is 46.4 Å². The quantitative estimate of drug-likeness (QED) is 0.0909. The molecule has 0 fully saturated rings. The number of aromatic nitrogens is 3. The minimum Gasteiger partial charge on any atom is -0.456 e. The van der Waals surface area contributed by atoms with Crippen molar-refractivity contribution in [2.45, 2.75) is 0 Å². The molecular weight excluding hydrogens is 873 g/mol. The van der Waals surface area contributed by atoms with Crippen molar-refractivity contribution in [2.75, 3.05) is 4.90 Å². The average molecular weight is 915 g/mol. The second-order valence-electron chi connectivity index (χ2n) is 18.0. The van der Waals surface area contributed by atoms with Gasteiger partial charge >= 0.3 is 0 Å². The summed E-state index contributed by atoms with van der Waals surface area (Å²) in [5.74, 6) is 0.860. The van der Waals surface area contributed by atoms with Gasteiger partial charge in [-0.05, 0) is 83.3 Å². The number of hydrogen-bond acceptors (Lipinski definition) is 4. The lowest BCUT2D eigenvalue weighted by Crippen LogP contribution is -2.78. The van der Waals surface area contributed by atoms with Crippen LogP contribution in [0.1, 0.15) is 0 Å². The minimum atomic E-state index is -3.43. The molecule has 0 saturated carbocycles. The third-order valence-electron chi connectivity index (χ3n) is 14.7. The molecule has 7 heteroatoms. The summed E-state index contributed by atoms with van der Waals surface area (Å²) in [6, 6.07) is 87.5. The van der Waals surface area contributed by atoms with Crippen molar-refractivity contribution >= 4 is 124 Å². The van der Waals surface area contributed by atoms with E-state index < -0.39 is 16.1 Å². The second kappa shape index (κ2) is 15.5. The van der Waals surface area contributed by atoms with E-state index in [2.05, 4.69) is 246 Å². The van der Waals surface area contributed by atoms with Crippen LogP contribution in [0.2, 0.25) is 0 Å². The van der Waals surface area contributed by atoms with E-state index in [-0.39, 0.29) is 0 Å². The number of pyridine rings is 2. The fourth-order valence-corrected chi connectivity index (χ4v) is 22.2. The number of nitrogens with zero attached hydrogens (tertiary/aromatic N) is 4. The molecule has 4 aromatic heterocycles. The molecule has 13 aromatic rings. The largest absolute Gasteiger partial charge is 0.456 e. The first-order valence-corrected chi connectivity index (χ1v) is 27.6. The van der Waals surface area contributed by atoms with Gasteiger partial charge in [0.15, 0.2) is 16.1 Å². The fourth-order valence-electron chi connectivity index (χ4n) is 12.0. The van der Waals surface area contributed by atoms with Crippen molar-refractivity contribution in [3.63, 3.8) is 0 Å². The molecule has 9 aromatic carbocycles. The SMILES string of the molecule is c1ccc([Si](c2ccccc2)(c2ccc3c4ccccc4n4ccnc4c3c2)c2cc3c(c4c2oc2ccccc24)[Si](c2ccccc2)(c2ccccc2)c2ccccc2N3c2ccccn2)cc1. The van der Waals surface area contributed by atoms with Crippen LogP contribution in [0.15, 0.2) is 260 Å². The third kappa shape index (κ3) is 5.57. The molecule has 0 atom stereocenters. The Balaban J connectivity index is 1.24. The average Bonchev–Trinajstić information content (AvgIpc) is 4.09. The van der Waals surface area contributed by atoms with Gasteiger partial charge < -0.3 is 4.42 Å². The van der Waals surface area contributed by atoms with Crippen molar-refractivity contribution in [2.24, 2.45) is 0 Å². The van der Waals surface area contributed by atoms with E-state index in [4.69, 9.17) is 14.4 Å². The molecule has 0 aliphatic carbocycles. The summed E-state index contributed by atoms with van der Waals surface area (Å²) >= 11 is 0. The van der Waals surface area contributed by atoms with Gasteiger partial charge in [-0.25, -0.2) is 9.97 Å². The van der Waals surface area contributed by atoms with Crippen LogP contribution in [0, 0.1) is 0 Å². The predicted molar refractivity (Wildman–Crippen MR) is 291 cm³/mol. The number of hydrogen-bond donors (Lipinski definition) is 0. The first kappa shape index (κ1) is 39.5. The summed E-state index contributed by atoms with van der Waals surface area (Å²) in [6.45, 7) is 0. The summed E-state index contributed by atoms with van der Waals surface area (Å²) < 4.78 is 9.87. The van der Waals surface area contributed by atoms with Gasteiger partial charge in [-0.15, -0.1) is 0 Å². The van der Waals surface area contributed by atoms with Crippen LogP contribution >= 0.6 is 0 Å². The molecule has 1 aliphatic rings. The van der Waals surface area contributed by atoms with E-state index >= 15 is 0 Å². The molecule has 0 spiro atoms. The van der Waals surface area contributed by atoms with Crippen LogP contribution in [-0.2, 0) is 0 Å². The maximum absolute atomic E-state index is 7.62. The number of rotatable bonds is 7. The second-order valence-corrected chi connectivity index (χ2v) is 25.5. The van der Waals surface area contributed by atoms with Crippen LogP contribution in [0.5, 0.6) is 0 Å². The van der Waals surface area contributed by atoms with Crippen molar-refractivity contribution in [1.29, 1.82) is 0 Å². The summed E-state index contributed by atoms with van der Waals surface area (Å²) in [4.78, 5) is 12.7. The van der Waals surface area contributed by atoms with Gasteiger partial charge in [0, 0.05) is 51.5 Å². The van der Waals surface area contributed by atoms with Gasteiger partial charge in [-0.3, -0.25) is 9.30 Å². The van der Waals surface area contributed by atoms with Crippen molar-refractivity contribution in [3.8, 4) is 0 Å². The highest BCUT2D eigenvalue weighted by molar-refractivity contribution is 7.23. The Morgan fingerprint density at radius 2 is 1.07 bits per heavy atom. The normalized spacial score (nSPS) is 13.3. The predicted octanol–water partition coefficient (Wildman–Crippen LogP) is 9.47. The van der Waals surface area contributed by atoms with Gasteiger partial charge in [-0.1, -0.05) is 200 Å². The Labute approximate surface area is 400 Å². The molecule has 0 bridgehead atoms. The van der Waals surface area contributed by atoms with Gasteiger partial charge in [0.05, 0.1) is 5.52 Å². The highest BCUT2D eigenvalue weighted by Crippen LogP contribution is 2.42. The molecule has 324 valence electrons. The van der Waals surface area contributed by atoms with E-state index in [0.29, 0.717) is 0 Å². The fraction of sp³-hybridized carbons (Fsp3) is 0. The molecule has 0 radical (unpaired) electrons. The molecule has 14 rings (SSSR count). The Bertz CT molecular complexity index is 4010. The lowest BCUT2D eigenvalue weighted by Gasteiger charge is -2.46. The molecule has 5 nitrogen and oxygen atoms in total. The lowest BCUT2D eigenvalue weighted by molar-refractivity contribution is 0.671. The van der Waals surface area contributed by atoms with Gasteiger partial charge in [0.2, 0.25) is 0 Å². The summed E-state index contributed by atoms with van der Waals surface area (Å²) in [5, 5.41) is 15.9. The van der Waals surface area contributed by atoms with E-state index in [9.17, 15) is 0 Å². The first-order chi connectivity index (χ1) is 34.3. The maximum atomic E-state index is 7.62. The molecule has 5 heterocycles. The van der Waals surface area contributed by atoms with Crippen LogP contribution in [0.25, 0.3) is 49.3 Å². The molecule has 0 unspecified atom stereocenters. The smallest absolute Gasteiger partial charge is 0.185 e. The zero-order valence-electron chi connectivity index (χ0n) is 37.4. The van der Waals surface area contributed by atoms with Gasteiger partial charge in [-0.2, -0.15) is 0 Å². The number of para-hydroxylation sites is 3. The van der Waals surface area contributed by atoms with E-state index in [0.717, 1.165) is 55.7 Å². The first-order valence-electron chi connectivity index (χ1n) is 23.6. The third-order valence-corrected chi connectivity index (χ3v) is 24.3. The number of fused-ring (bicyclic) bond motifs is 12. The zero-order chi connectivity index (χ0) is 45.5. The van der Waals surface area contributed by atoms with E-state index in [1.807, 2.05) is 18.5 Å². The Kier molecular flexibility index (Phi) is 8.86. The summed E-state index contributed by atoms with van der Waals surface area (Å²) in [6.07, 6.45) is 5.93. The van der Waals surface area contributed by atoms with Gasteiger partial charge in [0.25, 0.3) is 0 Å². The van der Waals surface area contributed by atoms with Crippen LogP contribution in [0.3, 0.4) is 0 Å². The minimum absolute atomic E-state index is 0.860. The van der Waals surface area contributed by atoms with Crippen molar-refractivity contribution in [3.05, 3.63) is 255 Å². The number of benzene rings is 9. The van der Waals surface area contributed by atoms with E-state index in [1.54, 1.807) is 0 Å². The Hall–Kier alpha value is -8.63. The van der Waals surface area contributed by atoms with Crippen LogP contribution in [0.4, 0.5) is 17.2 Å². The zero-order valence-corrected chi connectivity index (χ0v) is 39.4. The number of imidazole rings is 1. The van der Waals surface area contributed by atoms with Crippen molar-refractivity contribution in [1.82, 2.24) is 14.4 Å². The standard InChI is InChI=1S/C62H42N4OSi2/c1-5-21-43(22-6-1)68(44-23-7-2-8-24-44,47-36-37-48-49-29-13-15-31-52(49)65-40-39-64-62(65)51(48)41-47)57-42-54-61(59-50-30-14-17-33-55(50)67-60(57)59)69(45-25-9-3-10-26-45,46-27-11-4-12-28-46)56-34-18-16-32-53(56)66(54)58-35-19-20-38-63-58/h1-42H. The maximum Gasteiger partial charge on any atom is 0.185 e.